The summed E-state index contributed by atoms with van der Waals surface area (Å²) >= 11 is 0. The summed E-state index contributed by atoms with van der Waals surface area (Å²) in [6.07, 6.45) is 6.66. The summed E-state index contributed by atoms with van der Waals surface area (Å²) in [7, 11) is 0. The number of hydrogen-bond donors (Lipinski definition) is 3. The largest absolute Gasteiger partial charge is 0.356 e. The Hall–Kier alpha value is -1.59. The van der Waals surface area contributed by atoms with Crippen LogP contribution >= 0.6 is 0 Å². The average Bonchev–Trinajstić information content (AvgIpc) is 2.55. The predicted molar refractivity (Wildman–Crippen MR) is 101 cm³/mol. The monoisotopic (exact) mass is 365 g/mol. The van der Waals surface area contributed by atoms with Crippen molar-refractivity contribution >= 4 is 17.7 Å². The van der Waals surface area contributed by atoms with E-state index in [0.717, 1.165) is 38.6 Å². The highest BCUT2D eigenvalue weighted by Crippen LogP contribution is 2.29. The standard InChI is InChI=1S/C20H35N3O3/c1-13(2)11-17-20(26)22-14(3)12-16-15(9-10-21-19(16)25)7-5-4-6-8-18(24)23-17/h13-17H,4-12H2,1-3H3,(H,21,25)(H,22,26)(H,23,24)/t14-,15-,16+,17+/m1/s1. The van der Waals surface area contributed by atoms with E-state index in [9.17, 15) is 14.4 Å². The summed E-state index contributed by atoms with van der Waals surface area (Å²) in [5.74, 6) is 0.622. The van der Waals surface area contributed by atoms with Gasteiger partial charge < -0.3 is 16.0 Å². The van der Waals surface area contributed by atoms with Crippen LogP contribution < -0.4 is 16.0 Å². The van der Waals surface area contributed by atoms with E-state index in [1.54, 1.807) is 0 Å². The van der Waals surface area contributed by atoms with Crippen LogP contribution in [0.2, 0.25) is 0 Å². The topological polar surface area (TPSA) is 87.3 Å². The van der Waals surface area contributed by atoms with Crippen LogP contribution in [0.4, 0.5) is 0 Å². The quantitative estimate of drug-likeness (QED) is 0.700. The molecule has 0 bridgehead atoms. The van der Waals surface area contributed by atoms with Gasteiger partial charge in [-0.15, -0.1) is 0 Å². The first-order valence-electron chi connectivity index (χ1n) is 10.2. The van der Waals surface area contributed by atoms with E-state index in [1.165, 1.54) is 0 Å². The number of carbonyl (C=O) groups excluding carboxylic acids is 3. The van der Waals surface area contributed by atoms with Gasteiger partial charge in [0.05, 0.1) is 0 Å². The maximum Gasteiger partial charge on any atom is 0.242 e. The van der Waals surface area contributed by atoms with E-state index < -0.39 is 6.04 Å². The summed E-state index contributed by atoms with van der Waals surface area (Å²) in [4.78, 5) is 37.3. The first-order chi connectivity index (χ1) is 12.4. The Bertz CT molecular complexity index is 507. The van der Waals surface area contributed by atoms with Crippen LogP contribution in [0.15, 0.2) is 0 Å². The van der Waals surface area contributed by atoms with E-state index in [1.807, 2.05) is 20.8 Å². The van der Waals surface area contributed by atoms with Crippen LogP contribution in [0, 0.1) is 17.8 Å². The highest BCUT2D eigenvalue weighted by Gasteiger charge is 2.33. The summed E-state index contributed by atoms with van der Waals surface area (Å²) in [5.41, 5.74) is 0. The zero-order valence-electron chi connectivity index (χ0n) is 16.5. The lowest BCUT2D eigenvalue weighted by Crippen LogP contribution is -2.51. The Balaban J connectivity index is 2.10. The van der Waals surface area contributed by atoms with Crippen LogP contribution in [-0.2, 0) is 14.4 Å². The second-order valence-corrected chi connectivity index (χ2v) is 8.44. The van der Waals surface area contributed by atoms with Crippen molar-refractivity contribution in [3.8, 4) is 0 Å². The first-order valence-corrected chi connectivity index (χ1v) is 10.2. The van der Waals surface area contributed by atoms with Gasteiger partial charge in [-0.3, -0.25) is 14.4 Å². The van der Waals surface area contributed by atoms with Crippen LogP contribution in [0.3, 0.4) is 0 Å². The molecule has 148 valence electrons. The van der Waals surface area contributed by atoms with E-state index in [4.69, 9.17) is 0 Å². The predicted octanol–water partition coefficient (Wildman–Crippen LogP) is 2.13. The lowest BCUT2D eigenvalue weighted by molar-refractivity contribution is -0.131. The molecular formula is C20H35N3O3. The minimum atomic E-state index is -0.496. The zero-order chi connectivity index (χ0) is 19.1. The van der Waals surface area contributed by atoms with Crippen molar-refractivity contribution in [2.24, 2.45) is 17.8 Å². The third-order valence-corrected chi connectivity index (χ3v) is 5.55. The fraction of sp³-hybridized carbons (Fsp3) is 0.850. The van der Waals surface area contributed by atoms with Gasteiger partial charge in [0.1, 0.15) is 6.04 Å². The molecule has 2 heterocycles. The maximum atomic E-state index is 12.7. The Morgan fingerprint density at radius 1 is 1.00 bits per heavy atom. The van der Waals surface area contributed by atoms with E-state index in [0.29, 0.717) is 31.1 Å². The van der Waals surface area contributed by atoms with Crippen molar-refractivity contribution in [2.75, 3.05) is 6.54 Å². The van der Waals surface area contributed by atoms with Crippen LogP contribution in [0.1, 0.15) is 72.1 Å². The number of hydrogen-bond acceptors (Lipinski definition) is 3. The van der Waals surface area contributed by atoms with Crippen LogP contribution in [0.5, 0.6) is 0 Å². The summed E-state index contributed by atoms with van der Waals surface area (Å²) in [6.45, 7) is 6.80. The molecular weight excluding hydrogens is 330 g/mol. The fourth-order valence-corrected chi connectivity index (χ4v) is 4.19. The molecule has 0 aromatic heterocycles. The molecule has 6 nitrogen and oxygen atoms in total. The summed E-state index contributed by atoms with van der Waals surface area (Å²) in [6, 6.07) is -0.586. The van der Waals surface area contributed by atoms with Gasteiger partial charge in [0, 0.05) is 24.9 Å². The van der Waals surface area contributed by atoms with Crippen LogP contribution in [0.25, 0.3) is 0 Å². The third kappa shape index (κ3) is 6.29. The molecule has 0 aromatic carbocycles. The van der Waals surface area contributed by atoms with Gasteiger partial charge >= 0.3 is 0 Å². The van der Waals surface area contributed by atoms with Gasteiger partial charge in [-0.05, 0) is 50.9 Å². The number of amides is 3. The van der Waals surface area contributed by atoms with Crippen LogP contribution in [-0.4, -0.2) is 36.3 Å². The molecule has 2 rings (SSSR count). The molecule has 0 radical (unpaired) electrons. The molecule has 2 fully saturated rings. The highest BCUT2D eigenvalue weighted by molar-refractivity contribution is 5.87. The molecule has 6 heteroatoms. The van der Waals surface area contributed by atoms with E-state index >= 15 is 0 Å². The summed E-state index contributed by atoms with van der Waals surface area (Å²) in [5, 5.41) is 8.92. The average molecular weight is 366 g/mol. The maximum absolute atomic E-state index is 12.7. The number of fused-ring (bicyclic) bond motifs is 1. The number of nitrogens with one attached hydrogen (secondary N) is 3. The molecule has 0 spiro atoms. The SMILES string of the molecule is CC(C)C[C@@H]1NC(=O)CCCCC[C@@H]2CCNC(=O)[C@H]2C[C@@H](C)NC1=O. The van der Waals surface area contributed by atoms with Gasteiger partial charge in [-0.25, -0.2) is 0 Å². The molecule has 4 atom stereocenters. The Morgan fingerprint density at radius 3 is 2.50 bits per heavy atom. The smallest absolute Gasteiger partial charge is 0.242 e. The third-order valence-electron chi connectivity index (χ3n) is 5.55. The molecule has 0 saturated carbocycles. The van der Waals surface area contributed by atoms with Gasteiger partial charge in [0.25, 0.3) is 0 Å². The van der Waals surface area contributed by atoms with Crippen molar-refractivity contribution in [1.82, 2.24) is 16.0 Å². The normalized spacial score (nSPS) is 32.1. The minimum Gasteiger partial charge on any atom is -0.356 e. The van der Waals surface area contributed by atoms with Crippen molar-refractivity contribution in [3.05, 3.63) is 0 Å². The molecule has 0 unspecified atom stereocenters. The lowest BCUT2D eigenvalue weighted by Gasteiger charge is -2.33. The van der Waals surface area contributed by atoms with Gasteiger partial charge in [0.15, 0.2) is 0 Å². The Morgan fingerprint density at radius 2 is 1.77 bits per heavy atom. The Labute approximate surface area is 157 Å². The second-order valence-electron chi connectivity index (χ2n) is 8.44. The fourth-order valence-electron chi connectivity index (χ4n) is 4.19. The Kier molecular flexibility index (Phi) is 7.91. The van der Waals surface area contributed by atoms with Gasteiger partial charge in [0.2, 0.25) is 17.7 Å². The molecule has 2 aliphatic rings. The molecule has 0 aliphatic carbocycles. The molecule has 3 amide bonds. The molecule has 26 heavy (non-hydrogen) atoms. The lowest BCUT2D eigenvalue weighted by atomic mass is 9.78. The van der Waals surface area contributed by atoms with Gasteiger partial charge in [-0.1, -0.05) is 26.7 Å². The van der Waals surface area contributed by atoms with E-state index in [2.05, 4.69) is 16.0 Å². The molecule has 3 N–H and O–H groups in total. The number of carbonyl (C=O) groups is 3. The second kappa shape index (κ2) is 9.93. The number of rotatable bonds is 2. The molecule has 2 saturated heterocycles. The molecule has 0 aromatic rings. The highest BCUT2D eigenvalue weighted by atomic mass is 16.2. The number of piperidine rings is 1. The van der Waals surface area contributed by atoms with Crippen molar-refractivity contribution in [3.63, 3.8) is 0 Å². The zero-order valence-corrected chi connectivity index (χ0v) is 16.5. The van der Waals surface area contributed by atoms with Crippen molar-refractivity contribution in [2.45, 2.75) is 84.2 Å². The van der Waals surface area contributed by atoms with E-state index in [-0.39, 0.29) is 29.7 Å². The van der Waals surface area contributed by atoms with Crippen molar-refractivity contribution < 1.29 is 14.4 Å². The summed E-state index contributed by atoms with van der Waals surface area (Å²) < 4.78 is 0. The first kappa shape index (κ1) is 20.7. The van der Waals surface area contributed by atoms with Gasteiger partial charge in [-0.2, -0.15) is 0 Å². The van der Waals surface area contributed by atoms with Crippen molar-refractivity contribution in [1.29, 1.82) is 0 Å². The molecule has 2 aliphatic heterocycles. The minimum absolute atomic E-state index is 0.0277.